The summed E-state index contributed by atoms with van der Waals surface area (Å²) in [6.07, 6.45) is 2.00. The summed E-state index contributed by atoms with van der Waals surface area (Å²) >= 11 is 0. The number of nitrogens with zero attached hydrogens (tertiary/aromatic N) is 5. The van der Waals surface area contributed by atoms with E-state index in [2.05, 4.69) is 20.2 Å². The second-order valence-electron chi connectivity index (χ2n) is 7.72. The molecule has 1 aliphatic rings. The molecule has 5 rings (SSSR count). The van der Waals surface area contributed by atoms with E-state index < -0.39 is 11.9 Å². The molecule has 33 heavy (non-hydrogen) atoms. The molecule has 4 aromatic rings. The maximum Gasteiger partial charge on any atom is 0.407 e. The largest absolute Gasteiger partial charge is 0.465 e. The van der Waals surface area contributed by atoms with E-state index in [0.29, 0.717) is 37.8 Å². The first kappa shape index (κ1) is 20.6. The van der Waals surface area contributed by atoms with Crippen molar-refractivity contribution in [1.82, 2.24) is 19.9 Å². The second kappa shape index (κ2) is 8.70. The fraction of sp³-hybridized carbons (Fsp3) is 0.167. The van der Waals surface area contributed by atoms with Crippen LogP contribution in [-0.2, 0) is 0 Å². The zero-order valence-corrected chi connectivity index (χ0v) is 17.6. The lowest BCUT2D eigenvalue weighted by Crippen LogP contribution is -2.48. The van der Waals surface area contributed by atoms with Gasteiger partial charge in [0.25, 0.3) is 0 Å². The number of nitrogens with one attached hydrogen (secondary N) is 1. The second-order valence-corrected chi connectivity index (χ2v) is 7.72. The van der Waals surface area contributed by atoms with E-state index >= 15 is 0 Å². The summed E-state index contributed by atoms with van der Waals surface area (Å²) in [5.74, 6) is 1.47. The molecule has 3 aromatic heterocycles. The number of benzene rings is 1. The number of anilines is 3. The number of carbonyl (C=O) groups is 1. The molecular formula is C24H21FN6O2. The van der Waals surface area contributed by atoms with Crippen LogP contribution in [0, 0.1) is 5.82 Å². The third-order valence-electron chi connectivity index (χ3n) is 5.62. The van der Waals surface area contributed by atoms with Gasteiger partial charge in [-0.25, -0.2) is 24.1 Å². The Morgan fingerprint density at radius 1 is 0.970 bits per heavy atom. The van der Waals surface area contributed by atoms with E-state index in [0.717, 1.165) is 34.0 Å². The Bertz CT molecular complexity index is 1310. The van der Waals surface area contributed by atoms with Gasteiger partial charge in [-0.05, 0) is 35.7 Å². The Balaban J connectivity index is 1.49. The van der Waals surface area contributed by atoms with Crippen LogP contribution < -0.4 is 10.2 Å². The smallest absolute Gasteiger partial charge is 0.407 e. The highest BCUT2D eigenvalue weighted by molar-refractivity contribution is 5.96. The molecule has 1 amide bonds. The zero-order chi connectivity index (χ0) is 22.8. The van der Waals surface area contributed by atoms with Crippen LogP contribution in [0.15, 0.2) is 67.0 Å². The monoisotopic (exact) mass is 444 g/mol. The highest BCUT2D eigenvalue weighted by Gasteiger charge is 2.21. The van der Waals surface area contributed by atoms with E-state index in [9.17, 15) is 14.3 Å². The number of carboxylic acid groups (broad SMARTS) is 1. The third-order valence-corrected chi connectivity index (χ3v) is 5.62. The van der Waals surface area contributed by atoms with Crippen molar-refractivity contribution in [2.45, 2.75) is 0 Å². The first-order valence-corrected chi connectivity index (χ1v) is 10.5. The van der Waals surface area contributed by atoms with Crippen LogP contribution in [0.3, 0.4) is 0 Å². The van der Waals surface area contributed by atoms with Gasteiger partial charge in [-0.15, -0.1) is 0 Å². The molecule has 0 spiro atoms. The minimum atomic E-state index is -0.896. The predicted molar refractivity (Wildman–Crippen MR) is 124 cm³/mol. The van der Waals surface area contributed by atoms with Crippen LogP contribution >= 0.6 is 0 Å². The Morgan fingerprint density at radius 2 is 1.79 bits per heavy atom. The molecule has 2 N–H and O–H groups in total. The van der Waals surface area contributed by atoms with Gasteiger partial charge in [0.05, 0.1) is 11.9 Å². The fourth-order valence-electron chi connectivity index (χ4n) is 3.93. The van der Waals surface area contributed by atoms with Crippen LogP contribution in [-0.4, -0.2) is 57.2 Å². The van der Waals surface area contributed by atoms with Gasteiger partial charge in [-0.2, -0.15) is 0 Å². The lowest BCUT2D eigenvalue weighted by Gasteiger charge is -2.34. The Morgan fingerprint density at radius 3 is 2.55 bits per heavy atom. The van der Waals surface area contributed by atoms with E-state index in [4.69, 9.17) is 4.98 Å². The van der Waals surface area contributed by atoms with E-state index in [1.165, 1.54) is 11.0 Å². The quantitative estimate of drug-likeness (QED) is 0.483. The standard InChI is InChI=1S/C24H21FN6O2/c25-18-5-6-20(27-15-18)28-21-13-16-3-1-2-4-19(16)23(29-21)17-7-8-26-22(14-17)30-9-11-31(12-10-30)24(32)33/h1-8,13-15H,9-12H2,(H,32,33)(H,27,28,29). The normalized spacial score (nSPS) is 13.8. The van der Waals surface area contributed by atoms with Gasteiger partial charge in [0, 0.05) is 43.3 Å². The topological polar surface area (TPSA) is 94.5 Å². The molecule has 0 unspecified atom stereocenters. The molecule has 0 radical (unpaired) electrons. The number of fused-ring (bicyclic) bond motifs is 1. The van der Waals surface area contributed by atoms with Crippen LogP contribution in [0.5, 0.6) is 0 Å². The SMILES string of the molecule is O=C(O)N1CCN(c2cc(-c3nc(Nc4ccc(F)cn4)cc4ccccc34)ccn2)CC1. The molecule has 1 aromatic carbocycles. The molecule has 166 valence electrons. The predicted octanol–water partition coefficient (Wildman–Crippen LogP) is 4.37. The zero-order valence-electron chi connectivity index (χ0n) is 17.6. The average molecular weight is 444 g/mol. The Hall–Kier alpha value is -4.27. The van der Waals surface area contributed by atoms with Crippen molar-refractivity contribution >= 4 is 34.3 Å². The molecule has 1 fully saturated rings. The van der Waals surface area contributed by atoms with Gasteiger partial charge < -0.3 is 20.2 Å². The Labute approximate surface area is 189 Å². The molecule has 9 heteroatoms. The maximum atomic E-state index is 13.2. The van der Waals surface area contributed by atoms with Crippen LogP contribution in [0.4, 0.5) is 26.6 Å². The number of amides is 1. The van der Waals surface area contributed by atoms with E-state index in [1.54, 1.807) is 12.3 Å². The number of aromatic nitrogens is 3. The first-order chi connectivity index (χ1) is 16.1. The van der Waals surface area contributed by atoms with Gasteiger partial charge in [-0.3, -0.25) is 0 Å². The summed E-state index contributed by atoms with van der Waals surface area (Å²) < 4.78 is 13.2. The number of piperazine rings is 1. The highest BCUT2D eigenvalue weighted by atomic mass is 19.1. The minimum Gasteiger partial charge on any atom is -0.465 e. The molecule has 0 atom stereocenters. The van der Waals surface area contributed by atoms with Gasteiger partial charge in [-0.1, -0.05) is 24.3 Å². The van der Waals surface area contributed by atoms with E-state index in [-0.39, 0.29) is 0 Å². The first-order valence-electron chi connectivity index (χ1n) is 10.5. The lowest BCUT2D eigenvalue weighted by atomic mass is 10.0. The molecule has 1 aliphatic heterocycles. The summed E-state index contributed by atoms with van der Waals surface area (Å²) in [4.78, 5) is 28.1. The van der Waals surface area contributed by atoms with Gasteiger partial charge >= 0.3 is 6.09 Å². The van der Waals surface area contributed by atoms with Gasteiger partial charge in [0.2, 0.25) is 0 Å². The van der Waals surface area contributed by atoms with Crippen molar-refractivity contribution in [2.75, 3.05) is 36.4 Å². The molecule has 0 aliphatic carbocycles. The molecule has 8 nitrogen and oxygen atoms in total. The minimum absolute atomic E-state index is 0.402. The molecular weight excluding hydrogens is 423 g/mol. The molecule has 0 bridgehead atoms. The fourth-order valence-corrected chi connectivity index (χ4v) is 3.93. The van der Waals surface area contributed by atoms with Gasteiger partial charge in [0.1, 0.15) is 23.3 Å². The molecule has 1 saturated heterocycles. The molecule has 4 heterocycles. The summed E-state index contributed by atoms with van der Waals surface area (Å²) in [5, 5.41) is 14.3. The van der Waals surface area contributed by atoms with Crippen LogP contribution in [0.1, 0.15) is 0 Å². The van der Waals surface area contributed by atoms with Gasteiger partial charge in [0.15, 0.2) is 0 Å². The van der Waals surface area contributed by atoms with Crippen molar-refractivity contribution in [3.05, 3.63) is 72.8 Å². The number of rotatable bonds is 4. The van der Waals surface area contributed by atoms with Crippen molar-refractivity contribution in [3.8, 4) is 11.3 Å². The highest BCUT2D eigenvalue weighted by Crippen LogP contribution is 2.31. The Kier molecular flexibility index (Phi) is 5.43. The number of halogens is 1. The maximum absolute atomic E-state index is 13.2. The van der Waals surface area contributed by atoms with Crippen LogP contribution in [0.25, 0.3) is 22.0 Å². The van der Waals surface area contributed by atoms with Crippen molar-refractivity contribution < 1.29 is 14.3 Å². The third kappa shape index (κ3) is 4.38. The number of hydrogen-bond acceptors (Lipinski definition) is 6. The average Bonchev–Trinajstić information content (AvgIpc) is 2.85. The van der Waals surface area contributed by atoms with Crippen molar-refractivity contribution in [1.29, 1.82) is 0 Å². The van der Waals surface area contributed by atoms with Crippen LogP contribution in [0.2, 0.25) is 0 Å². The van der Waals surface area contributed by atoms with E-state index in [1.807, 2.05) is 42.5 Å². The van der Waals surface area contributed by atoms with Crippen molar-refractivity contribution in [2.24, 2.45) is 0 Å². The summed E-state index contributed by atoms with van der Waals surface area (Å²) in [5.41, 5.74) is 1.68. The lowest BCUT2D eigenvalue weighted by molar-refractivity contribution is 0.142. The molecule has 0 saturated carbocycles. The summed E-state index contributed by atoms with van der Waals surface area (Å²) in [6.45, 7) is 2.03. The summed E-state index contributed by atoms with van der Waals surface area (Å²) in [6, 6.07) is 16.7. The van der Waals surface area contributed by atoms with Crippen molar-refractivity contribution in [3.63, 3.8) is 0 Å². The number of pyridine rings is 3. The number of hydrogen-bond donors (Lipinski definition) is 2. The summed E-state index contributed by atoms with van der Waals surface area (Å²) in [7, 11) is 0.